The molecule has 0 spiro atoms. The van der Waals surface area contributed by atoms with Crippen LogP contribution in [0.1, 0.15) is 24.0 Å². The first-order valence-electron chi connectivity index (χ1n) is 9.18. The molecule has 156 valence electrons. The summed E-state index contributed by atoms with van der Waals surface area (Å²) in [5.41, 5.74) is 1.32. The summed E-state index contributed by atoms with van der Waals surface area (Å²) in [4.78, 5) is 12.5. The number of rotatable bonds is 6. The van der Waals surface area contributed by atoms with E-state index in [2.05, 4.69) is 5.32 Å². The van der Waals surface area contributed by atoms with Crippen molar-refractivity contribution in [3.05, 3.63) is 69.5 Å². The number of carbonyl (C=O) groups excluding carboxylic acids is 1. The maximum atomic E-state index is 13.0. The molecule has 1 N–H and O–H groups in total. The number of amides is 1. The van der Waals surface area contributed by atoms with Crippen LogP contribution in [0.2, 0.25) is 10.0 Å². The Bertz CT molecular complexity index is 984. The minimum atomic E-state index is -3.59. The van der Waals surface area contributed by atoms with E-state index in [-0.39, 0.29) is 30.6 Å². The van der Waals surface area contributed by atoms with Gasteiger partial charge in [-0.3, -0.25) is 4.79 Å². The van der Waals surface area contributed by atoms with Crippen LogP contribution in [0.4, 0.5) is 4.39 Å². The summed E-state index contributed by atoms with van der Waals surface area (Å²) in [5, 5.41) is 3.47. The predicted octanol–water partition coefficient (Wildman–Crippen LogP) is 3.99. The van der Waals surface area contributed by atoms with Crippen LogP contribution in [-0.2, 0) is 27.1 Å². The van der Waals surface area contributed by atoms with E-state index in [0.29, 0.717) is 35.0 Å². The molecule has 0 aromatic heterocycles. The lowest BCUT2D eigenvalue weighted by atomic mass is 9.99. The zero-order valence-corrected chi connectivity index (χ0v) is 17.9. The SMILES string of the molecule is O=C(NCc1ccc(F)cc1)[C@@H]1CCCN(S(=O)(=O)Cc2ccc(Cl)c(Cl)c2)C1. The summed E-state index contributed by atoms with van der Waals surface area (Å²) < 4.78 is 40.0. The molecule has 1 amide bonds. The molecule has 9 heteroatoms. The third-order valence-corrected chi connectivity index (χ3v) is 7.42. The monoisotopic (exact) mass is 458 g/mol. The lowest BCUT2D eigenvalue weighted by Gasteiger charge is -2.31. The summed E-state index contributed by atoms with van der Waals surface area (Å²) in [7, 11) is -3.59. The summed E-state index contributed by atoms with van der Waals surface area (Å²) in [6.45, 7) is 0.788. The van der Waals surface area contributed by atoms with Gasteiger partial charge in [0.05, 0.1) is 21.7 Å². The zero-order chi connectivity index (χ0) is 21.0. The third kappa shape index (κ3) is 5.92. The Balaban J connectivity index is 1.60. The summed E-state index contributed by atoms with van der Waals surface area (Å²) in [6, 6.07) is 10.6. The van der Waals surface area contributed by atoms with Crippen LogP contribution >= 0.6 is 23.2 Å². The standard InChI is InChI=1S/C20H21Cl2FN2O3S/c21-18-8-5-15(10-19(18)22)13-29(27,28)25-9-1-2-16(12-25)20(26)24-11-14-3-6-17(23)7-4-14/h3-8,10,16H,1-2,9,11-13H2,(H,24,26)/t16-/m1/s1. The van der Waals surface area contributed by atoms with Crippen molar-refractivity contribution >= 4 is 39.1 Å². The Kier molecular flexibility index (Phi) is 7.16. The van der Waals surface area contributed by atoms with Gasteiger partial charge in [0.25, 0.3) is 0 Å². The third-order valence-electron chi connectivity index (χ3n) is 4.86. The van der Waals surface area contributed by atoms with Crippen LogP contribution in [0.5, 0.6) is 0 Å². The van der Waals surface area contributed by atoms with Gasteiger partial charge in [0, 0.05) is 19.6 Å². The Labute approximate surface area is 179 Å². The molecule has 0 unspecified atom stereocenters. The molecule has 0 aliphatic carbocycles. The van der Waals surface area contributed by atoms with Crippen molar-refractivity contribution in [1.82, 2.24) is 9.62 Å². The highest BCUT2D eigenvalue weighted by Crippen LogP contribution is 2.26. The molecule has 5 nitrogen and oxygen atoms in total. The number of benzene rings is 2. The van der Waals surface area contributed by atoms with Crippen molar-refractivity contribution in [3.63, 3.8) is 0 Å². The minimum Gasteiger partial charge on any atom is -0.352 e. The number of sulfonamides is 1. The van der Waals surface area contributed by atoms with E-state index >= 15 is 0 Å². The van der Waals surface area contributed by atoms with Crippen LogP contribution in [0, 0.1) is 11.7 Å². The smallest absolute Gasteiger partial charge is 0.224 e. The van der Waals surface area contributed by atoms with Crippen LogP contribution in [0.3, 0.4) is 0 Å². The second-order valence-electron chi connectivity index (χ2n) is 7.05. The van der Waals surface area contributed by atoms with Gasteiger partial charge in [-0.1, -0.05) is 41.4 Å². The maximum absolute atomic E-state index is 13.0. The highest BCUT2D eigenvalue weighted by Gasteiger charge is 2.32. The second kappa shape index (κ2) is 9.43. The van der Waals surface area contributed by atoms with Crippen molar-refractivity contribution < 1.29 is 17.6 Å². The minimum absolute atomic E-state index is 0.138. The number of piperidine rings is 1. The molecule has 29 heavy (non-hydrogen) atoms. The topological polar surface area (TPSA) is 66.5 Å². The molecule has 1 saturated heterocycles. The van der Waals surface area contributed by atoms with E-state index in [1.165, 1.54) is 22.5 Å². The normalized spacial score (nSPS) is 17.8. The molecular formula is C20H21Cl2FN2O3S. The fourth-order valence-corrected chi connectivity index (χ4v) is 5.19. The van der Waals surface area contributed by atoms with E-state index in [4.69, 9.17) is 23.2 Å². The quantitative estimate of drug-likeness (QED) is 0.711. The molecule has 1 fully saturated rings. The molecule has 2 aromatic carbocycles. The van der Waals surface area contributed by atoms with E-state index in [9.17, 15) is 17.6 Å². The second-order valence-corrected chi connectivity index (χ2v) is 9.83. The van der Waals surface area contributed by atoms with Crippen LogP contribution in [0.15, 0.2) is 42.5 Å². The molecule has 1 heterocycles. The van der Waals surface area contributed by atoms with Crippen LogP contribution < -0.4 is 5.32 Å². The lowest BCUT2D eigenvalue weighted by molar-refractivity contribution is -0.126. The molecule has 1 aliphatic rings. The first-order chi connectivity index (χ1) is 13.7. The number of carbonyl (C=O) groups is 1. The average molecular weight is 459 g/mol. The highest BCUT2D eigenvalue weighted by atomic mass is 35.5. The summed E-state index contributed by atoms with van der Waals surface area (Å²) >= 11 is 11.9. The van der Waals surface area contributed by atoms with Crippen LogP contribution in [-0.4, -0.2) is 31.7 Å². The van der Waals surface area contributed by atoms with Crippen LogP contribution in [0.25, 0.3) is 0 Å². The lowest BCUT2D eigenvalue weighted by Crippen LogP contribution is -2.45. The van der Waals surface area contributed by atoms with Crippen molar-refractivity contribution in [2.24, 2.45) is 5.92 Å². The Hall–Kier alpha value is -1.67. The molecular weight excluding hydrogens is 438 g/mol. The number of hydrogen-bond acceptors (Lipinski definition) is 3. The first-order valence-corrected chi connectivity index (χ1v) is 11.5. The highest BCUT2D eigenvalue weighted by molar-refractivity contribution is 7.88. The Morgan fingerprint density at radius 1 is 1.10 bits per heavy atom. The maximum Gasteiger partial charge on any atom is 0.224 e. The fourth-order valence-electron chi connectivity index (χ4n) is 3.28. The number of hydrogen-bond donors (Lipinski definition) is 1. The molecule has 3 rings (SSSR count). The summed E-state index contributed by atoms with van der Waals surface area (Å²) in [5.74, 6) is -1.17. The van der Waals surface area contributed by atoms with Gasteiger partial charge in [0.15, 0.2) is 0 Å². The van der Waals surface area contributed by atoms with Gasteiger partial charge in [-0.25, -0.2) is 17.1 Å². The average Bonchev–Trinajstić information content (AvgIpc) is 2.70. The molecule has 1 aliphatic heterocycles. The van der Waals surface area contributed by atoms with Gasteiger partial charge >= 0.3 is 0 Å². The predicted molar refractivity (Wildman–Crippen MR) is 112 cm³/mol. The van der Waals surface area contributed by atoms with Crippen molar-refractivity contribution in [1.29, 1.82) is 0 Å². The number of nitrogens with zero attached hydrogens (tertiary/aromatic N) is 1. The molecule has 0 bridgehead atoms. The molecule has 0 radical (unpaired) electrons. The van der Waals surface area contributed by atoms with Gasteiger partial charge in [-0.15, -0.1) is 0 Å². The van der Waals surface area contributed by atoms with E-state index < -0.39 is 15.9 Å². The largest absolute Gasteiger partial charge is 0.352 e. The molecule has 2 aromatic rings. The van der Waals surface area contributed by atoms with Gasteiger partial charge in [0.1, 0.15) is 5.82 Å². The Morgan fingerprint density at radius 2 is 1.79 bits per heavy atom. The number of halogens is 3. The Morgan fingerprint density at radius 3 is 2.48 bits per heavy atom. The zero-order valence-electron chi connectivity index (χ0n) is 15.6. The van der Waals surface area contributed by atoms with Gasteiger partial charge < -0.3 is 5.32 Å². The summed E-state index contributed by atoms with van der Waals surface area (Å²) in [6.07, 6.45) is 1.23. The van der Waals surface area contributed by atoms with Crippen molar-refractivity contribution in [3.8, 4) is 0 Å². The molecule has 1 atom stereocenters. The van der Waals surface area contributed by atoms with Crippen molar-refractivity contribution in [2.75, 3.05) is 13.1 Å². The van der Waals surface area contributed by atoms with E-state index in [0.717, 1.165) is 5.56 Å². The van der Waals surface area contributed by atoms with E-state index in [1.807, 2.05) is 0 Å². The van der Waals surface area contributed by atoms with Gasteiger partial charge in [-0.05, 0) is 48.2 Å². The fraction of sp³-hybridized carbons (Fsp3) is 0.350. The first kappa shape index (κ1) is 22.0. The molecule has 0 saturated carbocycles. The van der Waals surface area contributed by atoms with Crippen molar-refractivity contribution in [2.45, 2.75) is 25.1 Å². The number of nitrogens with one attached hydrogen (secondary N) is 1. The van der Waals surface area contributed by atoms with Gasteiger partial charge in [-0.2, -0.15) is 0 Å². The van der Waals surface area contributed by atoms with E-state index in [1.54, 1.807) is 24.3 Å². The van der Waals surface area contributed by atoms with Gasteiger partial charge in [0.2, 0.25) is 15.9 Å².